The third kappa shape index (κ3) is 6.21. The molecular weight excluding hydrogens is 571 g/mol. The molecule has 1 aliphatic carbocycles. The van der Waals surface area contributed by atoms with E-state index in [-0.39, 0.29) is 57.3 Å². The zero-order valence-electron chi connectivity index (χ0n) is 23.0. The number of ketones is 1. The Balaban J connectivity index is 1.68. The van der Waals surface area contributed by atoms with E-state index in [9.17, 15) is 36.8 Å². The van der Waals surface area contributed by atoms with Gasteiger partial charge in [0.15, 0.2) is 5.78 Å². The highest BCUT2D eigenvalue weighted by Crippen LogP contribution is 2.48. The van der Waals surface area contributed by atoms with Gasteiger partial charge in [-0.1, -0.05) is 0 Å². The second kappa shape index (κ2) is 11.1. The van der Waals surface area contributed by atoms with Gasteiger partial charge in [-0.25, -0.2) is 8.78 Å². The quantitative estimate of drug-likeness (QED) is 0.155. The van der Waals surface area contributed by atoms with Crippen LogP contribution in [0.15, 0.2) is 52.9 Å². The summed E-state index contributed by atoms with van der Waals surface area (Å²) in [5.41, 5.74) is -0.939. The normalized spacial score (nSPS) is 14.7. The van der Waals surface area contributed by atoms with Gasteiger partial charge in [-0.05, 0) is 79.8 Å². The zero-order chi connectivity index (χ0) is 31.1. The van der Waals surface area contributed by atoms with Gasteiger partial charge in [0.1, 0.15) is 29.8 Å². The number of amides is 1. The van der Waals surface area contributed by atoms with E-state index in [4.69, 9.17) is 4.42 Å². The Kier molecular flexibility index (Phi) is 7.69. The van der Waals surface area contributed by atoms with Gasteiger partial charge in [0.05, 0.1) is 22.4 Å². The minimum absolute atomic E-state index is 0.00764. The lowest BCUT2D eigenvalue weighted by Gasteiger charge is -2.20. The summed E-state index contributed by atoms with van der Waals surface area (Å²) in [6.07, 6.45) is -3.18. The predicted octanol–water partition coefficient (Wildman–Crippen LogP) is 7.29. The fourth-order valence-corrected chi connectivity index (χ4v) is 5.05. The van der Waals surface area contributed by atoms with Crippen molar-refractivity contribution in [3.8, 4) is 28.5 Å². The first-order chi connectivity index (χ1) is 20.3. The molecule has 1 atom stereocenters. The largest absolute Gasteiger partial charge is 0.437 e. The lowest BCUT2D eigenvalue weighted by Crippen LogP contribution is -2.22. The molecule has 1 unspecified atom stereocenters. The SMILES string of the molecule is CNC(=O)c1c(-c2ccc(F)cc2)oc2nc(NCC(F)(F)F)c(-c3cc(F)cc(C(=O)CC(C)(C#N)C4CC4)c3)cc12. The molecule has 1 amide bonds. The lowest BCUT2D eigenvalue weighted by atomic mass is 9.80. The molecule has 4 aromatic rings. The minimum atomic E-state index is -4.64. The molecule has 1 saturated carbocycles. The fraction of sp³-hybridized carbons (Fsp3) is 0.290. The summed E-state index contributed by atoms with van der Waals surface area (Å²) in [5, 5.41) is 14.5. The molecule has 222 valence electrons. The van der Waals surface area contributed by atoms with Gasteiger partial charge in [0.25, 0.3) is 5.91 Å². The van der Waals surface area contributed by atoms with Gasteiger partial charge in [-0.3, -0.25) is 9.59 Å². The summed E-state index contributed by atoms with van der Waals surface area (Å²) in [4.78, 5) is 30.4. The van der Waals surface area contributed by atoms with E-state index in [1.807, 2.05) is 0 Å². The number of Topliss-reactive ketones (excluding diaryl/α,β-unsaturated/α-hetero) is 1. The summed E-state index contributed by atoms with van der Waals surface area (Å²) in [5.74, 6) is -2.78. The summed E-state index contributed by atoms with van der Waals surface area (Å²) >= 11 is 0. The first kappa shape index (κ1) is 29.7. The number of aromatic nitrogens is 1. The molecule has 0 saturated heterocycles. The maximum absolute atomic E-state index is 14.9. The molecule has 0 spiro atoms. The number of carbonyl (C=O) groups is 2. The van der Waals surface area contributed by atoms with E-state index in [2.05, 4.69) is 21.7 Å². The summed E-state index contributed by atoms with van der Waals surface area (Å²) in [6.45, 7) is 0.188. The Morgan fingerprint density at radius 2 is 1.74 bits per heavy atom. The summed E-state index contributed by atoms with van der Waals surface area (Å²) < 4.78 is 74.0. The van der Waals surface area contributed by atoms with Gasteiger partial charge < -0.3 is 15.1 Å². The average Bonchev–Trinajstić information content (AvgIpc) is 3.76. The Bertz CT molecular complexity index is 1770. The van der Waals surface area contributed by atoms with E-state index in [0.29, 0.717) is 5.56 Å². The second-order valence-corrected chi connectivity index (χ2v) is 10.7. The van der Waals surface area contributed by atoms with Crippen molar-refractivity contribution >= 4 is 28.6 Å². The monoisotopic (exact) mass is 596 g/mol. The van der Waals surface area contributed by atoms with E-state index in [1.165, 1.54) is 31.3 Å². The van der Waals surface area contributed by atoms with E-state index in [1.54, 1.807) is 6.92 Å². The van der Waals surface area contributed by atoms with Crippen molar-refractivity contribution in [1.82, 2.24) is 10.3 Å². The maximum Gasteiger partial charge on any atom is 0.405 e. The number of rotatable bonds is 9. The van der Waals surface area contributed by atoms with Crippen molar-refractivity contribution < 1.29 is 36.0 Å². The van der Waals surface area contributed by atoms with Crippen LogP contribution in [0.25, 0.3) is 33.6 Å². The molecule has 0 aliphatic heterocycles. The van der Waals surface area contributed by atoms with Crippen molar-refractivity contribution in [1.29, 1.82) is 5.26 Å². The van der Waals surface area contributed by atoms with E-state index < -0.39 is 41.5 Å². The first-order valence-electron chi connectivity index (χ1n) is 13.3. The molecule has 1 aliphatic rings. The molecule has 12 heteroatoms. The number of carbonyl (C=O) groups excluding carboxylic acids is 2. The molecule has 5 rings (SSSR count). The number of furan rings is 1. The number of nitriles is 1. The molecule has 0 radical (unpaired) electrons. The van der Waals surface area contributed by atoms with Crippen molar-refractivity contribution in [2.45, 2.75) is 32.4 Å². The molecule has 2 aromatic carbocycles. The van der Waals surface area contributed by atoms with E-state index >= 15 is 0 Å². The third-order valence-corrected chi connectivity index (χ3v) is 7.49. The van der Waals surface area contributed by atoms with Crippen LogP contribution in [0.4, 0.5) is 27.8 Å². The van der Waals surface area contributed by atoms with Crippen LogP contribution in [0.2, 0.25) is 0 Å². The highest BCUT2D eigenvalue weighted by molar-refractivity contribution is 6.11. The summed E-state index contributed by atoms with van der Waals surface area (Å²) in [7, 11) is 1.37. The minimum Gasteiger partial charge on any atom is -0.437 e. The topological polar surface area (TPSA) is 108 Å². The molecule has 2 heterocycles. The molecular formula is C31H25F5N4O3. The van der Waals surface area contributed by atoms with Crippen LogP contribution in [0.5, 0.6) is 0 Å². The van der Waals surface area contributed by atoms with Crippen LogP contribution < -0.4 is 10.6 Å². The van der Waals surface area contributed by atoms with Crippen LogP contribution in [-0.2, 0) is 0 Å². The van der Waals surface area contributed by atoms with Crippen LogP contribution in [0.1, 0.15) is 46.9 Å². The highest BCUT2D eigenvalue weighted by atomic mass is 19.4. The molecule has 1 fully saturated rings. The molecule has 2 N–H and O–H groups in total. The maximum atomic E-state index is 14.9. The fourth-order valence-electron chi connectivity index (χ4n) is 5.05. The molecule has 43 heavy (non-hydrogen) atoms. The van der Waals surface area contributed by atoms with Crippen LogP contribution >= 0.6 is 0 Å². The predicted molar refractivity (Wildman–Crippen MR) is 148 cm³/mol. The van der Waals surface area contributed by atoms with Crippen molar-refractivity contribution in [2.75, 3.05) is 18.9 Å². The van der Waals surface area contributed by atoms with Crippen molar-refractivity contribution in [3.63, 3.8) is 0 Å². The van der Waals surface area contributed by atoms with Crippen LogP contribution in [0.3, 0.4) is 0 Å². The van der Waals surface area contributed by atoms with Crippen molar-refractivity contribution in [3.05, 3.63) is 71.3 Å². The number of alkyl halides is 3. The van der Waals surface area contributed by atoms with Gasteiger partial charge in [0, 0.05) is 30.2 Å². The zero-order valence-corrected chi connectivity index (χ0v) is 23.0. The number of pyridine rings is 1. The number of halogens is 5. The summed E-state index contributed by atoms with van der Waals surface area (Å²) in [6, 6.07) is 11.9. The van der Waals surface area contributed by atoms with Crippen LogP contribution in [-0.4, -0.2) is 36.4 Å². The number of hydrogen-bond donors (Lipinski definition) is 2. The number of fused-ring (bicyclic) bond motifs is 1. The molecule has 0 bridgehead atoms. The van der Waals surface area contributed by atoms with Gasteiger partial charge in [0.2, 0.25) is 5.71 Å². The second-order valence-electron chi connectivity index (χ2n) is 10.7. The molecule has 7 nitrogen and oxygen atoms in total. The van der Waals surface area contributed by atoms with Crippen LogP contribution in [0, 0.1) is 34.3 Å². The smallest absolute Gasteiger partial charge is 0.405 e. The number of nitrogens with zero attached hydrogens (tertiary/aromatic N) is 2. The molecule has 2 aromatic heterocycles. The highest BCUT2D eigenvalue weighted by Gasteiger charge is 2.43. The number of benzene rings is 2. The van der Waals surface area contributed by atoms with Gasteiger partial charge in [-0.15, -0.1) is 0 Å². The number of anilines is 1. The standard InChI is InChI=1S/C31H25F5N4O3/c1-30(14-37,19-5-6-19)13-24(41)18-9-17(10-21(33)11-18)22-12-23-25(28(42)38-2)26(16-3-7-20(32)8-4-16)43-29(23)40-27(22)39-15-31(34,35)36/h3-4,7-12,19H,5-6,13,15H2,1-2H3,(H,38,42)(H,39,40). The Labute approximate surface area is 242 Å². The van der Waals surface area contributed by atoms with E-state index in [0.717, 1.165) is 37.1 Å². The average molecular weight is 597 g/mol. The van der Waals surface area contributed by atoms with Gasteiger partial charge >= 0.3 is 6.18 Å². The Morgan fingerprint density at radius 1 is 1.05 bits per heavy atom. The Morgan fingerprint density at radius 3 is 2.35 bits per heavy atom. The van der Waals surface area contributed by atoms with Crippen molar-refractivity contribution in [2.24, 2.45) is 11.3 Å². The Hall–Kier alpha value is -4.79. The van der Waals surface area contributed by atoms with Gasteiger partial charge in [-0.2, -0.15) is 23.4 Å². The number of hydrogen-bond acceptors (Lipinski definition) is 6. The first-order valence-corrected chi connectivity index (χ1v) is 13.3. The number of nitrogens with one attached hydrogen (secondary N) is 2. The third-order valence-electron chi connectivity index (χ3n) is 7.49. The lowest BCUT2D eigenvalue weighted by molar-refractivity contribution is -0.115.